The molecule has 1 saturated heterocycles. The van der Waals surface area contributed by atoms with Gasteiger partial charge in [-0.2, -0.15) is 0 Å². The Hall–Kier alpha value is -2.43. The topological polar surface area (TPSA) is 84.7 Å². The van der Waals surface area contributed by atoms with Crippen molar-refractivity contribution in [2.24, 2.45) is 0 Å². The van der Waals surface area contributed by atoms with Gasteiger partial charge < -0.3 is 14.2 Å². The highest BCUT2D eigenvalue weighted by Gasteiger charge is 2.28. The second-order valence-electron chi connectivity index (χ2n) is 9.54. The van der Waals surface area contributed by atoms with Gasteiger partial charge >= 0.3 is 0 Å². The zero-order chi connectivity index (χ0) is 27.3. The molecule has 0 radical (unpaired) electrons. The zero-order valence-electron chi connectivity index (χ0n) is 21.5. The molecule has 0 unspecified atom stereocenters. The molecule has 1 aliphatic rings. The minimum Gasteiger partial charge on any atom is -0.379 e. The molecule has 0 N–H and O–H groups in total. The Morgan fingerprint density at radius 3 is 2.53 bits per heavy atom. The number of ether oxygens (including phenoxy) is 1. The molecule has 1 fully saturated rings. The Labute approximate surface area is 234 Å². The Kier molecular flexibility index (Phi) is 9.49. The lowest BCUT2D eigenvalue weighted by molar-refractivity contribution is 0.0319. The average molecular weight is 580 g/mol. The van der Waals surface area contributed by atoms with E-state index >= 15 is 0 Å². The lowest BCUT2D eigenvalue weighted by Crippen LogP contribution is -2.43. The molecule has 8 nitrogen and oxygen atoms in total. The van der Waals surface area contributed by atoms with Crippen molar-refractivity contribution in [2.45, 2.75) is 37.3 Å². The summed E-state index contributed by atoms with van der Waals surface area (Å²) in [4.78, 5) is 21.9. The number of nitrogens with zero attached hydrogens (tertiary/aromatic N) is 4. The molecule has 3 aromatic rings. The van der Waals surface area contributed by atoms with Gasteiger partial charge in [0.05, 0.1) is 37.4 Å². The van der Waals surface area contributed by atoms with Gasteiger partial charge in [0.25, 0.3) is 5.91 Å². The fourth-order valence-corrected chi connectivity index (χ4v) is 6.60. The summed E-state index contributed by atoms with van der Waals surface area (Å²) in [5, 5.41) is 0.829. The highest BCUT2D eigenvalue weighted by molar-refractivity contribution is 7.90. The predicted molar refractivity (Wildman–Crippen MR) is 148 cm³/mol. The summed E-state index contributed by atoms with van der Waals surface area (Å²) in [7, 11) is -3.81. The number of rotatable bonds is 10. The third-order valence-electron chi connectivity index (χ3n) is 6.44. The monoisotopic (exact) mass is 578 g/mol. The van der Waals surface area contributed by atoms with Crippen molar-refractivity contribution in [3.63, 3.8) is 0 Å². The molecule has 1 aliphatic heterocycles. The molecule has 0 spiro atoms. The maximum Gasteiger partial charge on any atom is 0.254 e. The number of hydrogen-bond acceptors (Lipinski definition) is 6. The zero-order valence-corrected chi connectivity index (χ0v) is 23.8. The first kappa shape index (κ1) is 28.6. The summed E-state index contributed by atoms with van der Waals surface area (Å²) < 4.78 is 34.0. The summed E-state index contributed by atoms with van der Waals surface area (Å²) in [6.45, 7) is 8.04. The minimum absolute atomic E-state index is 0.0363. The van der Waals surface area contributed by atoms with Crippen LogP contribution in [-0.2, 0) is 26.9 Å². The lowest BCUT2D eigenvalue weighted by atomic mass is 10.2. The molecule has 0 aliphatic carbocycles. The van der Waals surface area contributed by atoms with Gasteiger partial charge in [0.2, 0.25) is 15.0 Å². The van der Waals surface area contributed by atoms with Gasteiger partial charge in [0.15, 0.2) is 0 Å². The van der Waals surface area contributed by atoms with Crippen molar-refractivity contribution in [3.8, 4) is 0 Å². The largest absolute Gasteiger partial charge is 0.379 e. The summed E-state index contributed by atoms with van der Waals surface area (Å²) in [6, 6.07) is 13.5. The number of carbonyl (C=O) groups excluding carboxylic acids is 1. The van der Waals surface area contributed by atoms with E-state index in [0.717, 1.165) is 13.1 Å². The van der Waals surface area contributed by atoms with Crippen molar-refractivity contribution in [3.05, 3.63) is 81.6 Å². The Bertz CT molecular complexity index is 1370. The summed E-state index contributed by atoms with van der Waals surface area (Å²) >= 11 is 12.4. The average Bonchev–Trinajstić information content (AvgIpc) is 3.33. The molecule has 1 aromatic heterocycles. The Morgan fingerprint density at radius 1 is 1.11 bits per heavy atom. The quantitative estimate of drug-likeness (QED) is 0.346. The number of hydrogen-bond donors (Lipinski definition) is 0. The van der Waals surface area contributed by atoms with Crippen LogP contribution >= 0.6 is 23.2 Å². The number of benzene rings is 2. The number of carbonyl (C=O) groups is 1. The van der Waals surface area contributed by atoms with Crippen molar-refractivity contribution < 1.29 is 17.9 Å². The smallest absolute Gasteiger partial charge is 0.254 e. The molecule has 4 rings (SSSR count). The summed E-state index contributed by atoms with van der Waals surface area (Å²) in [5.41, 5.74) is 1.62. The van der Waals surface area contributed by atoms with E-state index in [-0.39, 0.29) is 29.4 Å². The van der Waals surface area contributed by atoms with Crippen LogP contribution in [0.5, 0.6) is 0 Å². The van der Waals surface area contributed by atoms with Crippen molar-refractivity contribution in [2.75, 3.05) is 39.4 Å². The minimum atomic E-state index is -3.81. The normalized spacial score (nSPS) is 14.7. The highest BCUT2D eigenvalue weighted by Crippen LogP contribution is 2.26. The van der Waals surface area contributed by atoms with Crippen LogP contribution in [-0.4, -0.2) is 73.1 Å². The third-order valence-corrected chi connectivity index (χ3v) is 8.59. The van der Waals surface area contributed by atoms with Crippen LogP contribution in [0.2, 0.25) is 10.0 Å². The van der Waals surface area contributed by atoms with E-state index in [1.807, 2.05) is 13.8 Å². The second kappa shape index (κ2) is 12.6. The van der Waals surface area contributed by atoms with Gasteiger partial charge in [-0.3, -0.25) is 9.69 Å². The van der Waals surface area contributed by atoms with Crippen LogP contribution in [0.3, 0.4) is 0 Å². The first-order chi connectivity index (χ1) is 18.2. The molecular formula is C27H32Cl2N4O4S. The molecule has 11 heteroatoms. The van der Waals surface area contributed by atoms with E-state index in [9.17, 15) is 13.2 Å². The van der Waals surface area contributed by atoms with E-state index in [2.05, 4.69) is 9.88 Å². The molecular weight excluding hydrogens is 547 g/mol. The summed E-state index contributed by atoms with van der Waals surface area (Å²) in [5.74, 6) is -0.448. The highest BCUT2D eigenvalue weighted by atomic mass is 35.5. The van der Waals surface area contributed by atoms with E-state index in [0.29, 0.717) is 53.2 Å². The molecule has 38 heavy (non-hydrogen) atoms. The number of halogens is 2. The molecule has 2 heterocycles. The van der Waals surface area contributed by atoms with Gasteiger partial charge in [0, 0.05) is 47.8 Å². The fraction of sp³-hybridized carbons (Fsp3) is 0.407. The SMILES string of the molecule is CC(C)n1c(CN(CCN2CCOCC2)C(=O)c2cccc(Cl)c2)cnc1S(=O)(=O)Cc1ccccc1Cl. The maximum atomic E-state index is 13.6. The van der Waals surface area contributed by atoms with E-state index < -0.39 is 9.84 Å². The van der Waals surface area contributed by atoms with E-state index in [1.54, 1.807) is 64.2 Å². The molecule has 0 atom stereocenters. The number of imidazole rings is 1. The number of sulfone groups is 1. The number of amides is 1. The van der Waals surface area contributed by atoms with Crippen LogP contribution in [0.25, 0.3) is 0 Å². The molecule has 0 bridgehead atoms. The van der Waals surface area contributed by atoms with Crippen LogP contribution < -0.4 is 0 Å². The number of morpholine rings is 1. The molecule has 204 valence electrons. The lowest BCUT2D eigenvalue weighted by Gasteiger charge is -2.30. The van der Waals surface area contributed by atoms with Crippen LogP contribution in [0.1, 0.15) is 41.5 Å². The van der Waals surface area contributed by atoms with Gasteiger partial charge in [-0.15, -0.1) is 0 Å². The maximum absolute atomic E-state index is 13.6. The van der Waals surface area contributed by atoms with E-state index in [1.165, 1.54) is 0 Å². The molecule has 2 aromatic carbocycles. The van der Waals surface area contributed by atoms with E-state index in [4.69, 9.17) is 27.9 Å². The standard InChI is InChI=1S/C27H32Cl2N4O4S/c1-20(2)33-24(17-30-27(33)38(35,36)19-22-6-3-4-9-25(22)29)18-32(11-10-31-12-14-37-15-13-31)26(34)21-7-5-8-23(28)16-21/h3-9,16-17,20H,10-15,18-19H2,1-2H3. The second-order valence-corrected chi connectivity index (χ2v) is 12.3. The first-order valence-electron chi connectivity index (χ1n) is 12.5. The van der Waals surface area contributed by atoms with Crippen molar-refractivity contribution in [1.82, 2.24) is 19.4 Å². The van der Waals surface area contributed by atoms with Crippen LogP contribution in [0, 0.1) is 0 Å². The predicted octanol–water partition coefficient (Wildman–Crippen LogP) is 4.72. The molecule has 1 amide bonds. The van der Waals surface area contributed by atoms with Crippen molar-refractivity contribution in [1.29, 1.82) is 0 Å². The van der Waals surface area contributed by atoms with Crippen molar-refractivity contribution >= 4 is 38.9 Å². The van der Waals surface area contributed by atoms with Gasteiger partial charge in [-0.25, -0.2) is 13.4 Å². The van der Waals surface area contributed by atoms with Crippen LogP contribution in [0.15, 0.2) is 59.9 Å². The Balaban J connectivity index is 1.63. The first-order valence-corrected chi connectivity index (χ1v) is 14.9. The number of aromatic nitrogens is 2. The van der Waals surface area contributed by atoms with Gasteiger partial charge in [-0.1, -0.05) is 47.5 Å². The Morgan fingerprint density at radius 2 is 1.84 bits per heavy atom. The van der Waals surface area contributed by atoms with Crippen LogP contribution in [0.4, 0.5) is 0 Å². The molecule has 0 saturated carbocycles. The van der Waals surface area contributed by atoms with Gasteiger partial charge in [-0.05, 0) is 43.7 Å². The summed E-state index contributed by atoms with van der Waals surface area (Å²) in [6.07, 6.45) is 1.55. The third kappa shape index (κ3) is 6.95. The van der Waals surface area contributed by atoms with Gasteiger partial charge in [0.1, 0.15) is 0 Å². The fourth-order valence-electron chi connectivity index (χ4n) is 4.50.